The minimum Gasteiger partial charge on any atom is -0.480 e. The van der Waals surface area contributed by atoms with Crippen LogP contribution < -0.4 is 19.7 Å². The zero-order valence-corrected chi connectivity index (χ0v) is 39.9. The summed E-state index contributed by atoms with van der Waals surface area (Å²) in [5.74, 6) is 1.04. The second kappa shape index (κ2) is 23.2. The average molecular weight is 924 g/mol. The fraction of sp³-hybridized carbons (Fsp3) is 0.721. The summed E-state index contributed by atoms with van der Waals surface area (Å²) < 4.78 is 66.8. The molecule has 1 unspecified atom stereocenters. The maximum Gasteiger partial charge on any atom is 0.407 e. The Labute approximate surface area is 376 Å². The number of carbonyl (C=O) groups excluding carboxylic acids is 1. The van der Waals surface area contributed by atoms with Gasteiger partial charge >= 0.3 is 12.1 Å². The standard InChI is InChI=1S/C43H67ClN6O12Si/c1-43(2,3)48-42(51)58-22-21-55-20-19-54-18-17-53-16-14-49(4)34-13-12-29(40(45-34)52-5)36-30(44)25-31-39(46-36)47-41(50(31)28-56-23-24-63(6,7)8)62-33-27-60-37-32(26-59-38(33)37)61-35-11-9-10-15-57-35/h12-13,25,32-33,35,37-38H,9-11,14-24,26-28H2,1-8H3,(H,48,51)/t32-,33-,35?,37-,38-/m1/s1. The number of imidazole rings is 1. The zero-order valence-electron chi connectivity index (χ0n) is 38.2. The third kappa shape index (κ3) is 14.6. The molecule has 0 aromatic carbocycles. The summed E-state index contributed by atoms with van der Waals surface area (Å²) in [6.45, 7) is 18.0. The molecular formula is C43H67ClN6O12Si. The lowest BCUT2D eigenvalue weighted by atomic mass is 10.1. The largest absolute Gasteiger partial charge is 0.480 e. The van der Waals surface area contributed by atoms with Crippen LogP contribution in [0, 0.1) is 0 Å². The zero-order chi connectivity index (χ0) is 45.0. The predicted molar refractivity (Wildman–Crippen MR) is 239 cm³/mol. The molecule has 3 aromatic rings. The van der Waals surface area contributed by atoms with Gasteiger partial charge < -0.3 is 62.3 Å². The van der Waals surface area contributed by atoms with E-state index in [1.54, 1.807) is 7.11 Å². The lowest BCUT2D eigenvalue weighted by Gasteiger charge is -2.27. The quantitative estimate of drug-likeness (QED) is 0.0825. The molecule has 6 rings (SSSR count). The summed E-state index contributed by atoms with van der Waals surface area (Å²) in [7, 11) is 2.17. The number of halogens is 1. The fourth-order valence-corrected chi connectivity index (χ4v) is 8.11. The Hall–Kier alpha value is -3.37. The van der Waals surface area contributed by atoms with Crippen LogP contribution in [-0.4, -0.2) is 163 Å². The number of rotatable bonds is 24. The van der Waals surface area contributed by atoms with Crippen molar-refractivity contribution in [1.82, 2.24) is 24.8 Å². The maximum absolute atomic E-state index is 11.7. The summed E-state index contributed by atoms with van der Waals surface area (Å²) in [6, 6.07) is 6.95. The Morgan fingerprint density at radius 3 is 2.29 bits per heavy atom. The van der Waals surface area contributed by atoms with Gasteiger partial charge in [-0.05, 0) is 64.3 Å². The van der Waals surface area contributed by atoms with E-state index in [-0.39, 0.29) is 43.5 Å². The molecular weight excluding hydrogens is 856 g/mol. The van der Waals surface area contributed by atoms with Crippen molar-refractivity contribution in [3.8, 4) is 23.1 Å². The van der Waals surface area contributed by atoms with E-state index in [0.717, 1.165) is 25.3 Å². The van der Waals surface area contributed by atoms with Gasteiger partial charge in [-0.3, -0.25) is 4.57 Å². The molecule has 6 heterocycles. The van der Waals surface area contributed by atoms with Crippen LogP contribution >= 0.6 is 11.6 Å². The van der Waals surface area contributed by atoms with Gasteiger partial charge in [0.2, 0.25) is 5.88 Å². The van der Waals surface area contributed by atoms with Gasteiger partial charge in [-0.15, -0.1) is 0 Å². The molecule has 0 saturated carbocycles. The van der Waals surface area contributed by atoms with E-state index in [1.165, 1.54) is 0 Å². The number of aromatic nitrogens is 4. The molecule has 3 aliphatic heterocycles. The number of nitrogens with one attached hydrogen (secondary N) is 1. The summed E-state index contributed by atoms with van der Waals surface area (Å²) in [5.41, 5.74) is 1.83. The van der Waals surface area contributed by atoms with Crippen LogP contribution in [0.5, 0.6) is 11.9 Å². The number of carbonyl (C=O) groups is 1. The van der Waals surface area contributed by atoms with Gasteiger partial charge in [0.25, 0.3) is 0 Å². The highest BCUT2D eigenvalue weighted by atomic mass is 35.5. The first-order valence-electron chi connectivity index (χ1n) is 22.0. The molecule has 3 aliphatic rings. The predicted octanol–water partition coefficient (Wildman–Crippen LogP) is 5.94. The van der Waals surface area contributed by atoms with Gasteiger partial charge in [0.15, 0.2) is 18.0 Å². The second-order valence-electron chi connectivity index (χ2n) is 18.1. The van der Waals surface area contributed by atoms with Crippen LogP contribution in [0.25, 0.3) is 22.4 Å². The molecule has 0 spiro atoms. The number of alkyl carbamates (subject to hydrolysis) is 1. The van der Waals surface area contributed by atoms with Crippen molar-refractivity contribution in [1.29, 1.82) is 0 Å². The molecule has 5 atom stereocenters. The molecule has 3 fully saturated rings. The molecule has 3 saturated heterocycles. The summed E-state index contributed by atoms with van der Waals surface area (Å²) in [4.78, 5) is 28.2. The number of nitrogens with zero attached hydrogens (tertiary/aromatic N) is 5. The SMILES string of the molecule is COc1nc(N(C)CCOCCOCCOCCOC(=O)NC(C)(C)C)ccc1-c1nc2nc(O[C@@H]3CO[C@H]4[C@@H]3OC[C@H]4OC3CCCCO3)n(COCC[Si](C)(C)C)c2cc1Cl. The molecule has 18 nitrogen and oxygen atoms in total. The number of amides is 1. The Morgan fingerprint density at radius 1 is 0.905 bits per heavy atom. The number of ether oxygens (including phenoxy) is 11. The smallest absolute Gasteiger partial charge is 0.407 e. The van der Waals surface area contributed by atoms with E-state index in [0.29, 0.717) is 118 Å². The Kier molecular flexibility index (Phi) is 18.1. The van der Waals surface area contributed by atoms with Crippen LogP contribution in [-0.2, 0) is 49.4 Å². The number of anilines is 1. The maximum atomic E-state index is 11.7. The number of hydrogen-bond donors (Lipinski definition) is 1. The molecule has 63 heavy (non-hydrogen) atoms. The van der Waals surface area contributed by atoms with Crippen LogP contribution in [0.1, 0.15) is 40.0 Å². The Bertz CT molecular complexity index is 1910. The highest BCUT2D eigenvalue weighted by molar-refractivity contribution is 6.76. The number of methoxy groups -OCH3 is 1. The van der Waals surface area contributed by atoms with Crippen molar-refractivity contribution >= 4 is 42.7 Å². The Balaban J connectivity index is 1.03. The van der Waals surface area contributed by atoms with E-state index in [2.05, 4.69) is 25.0 Å². The normalized spacial score (nSPS) is 21.4. The third-order valence-corrected chi connectivity index (χ3v) is 12.5. The number of pyridine rings is 2. The summed E-state index contributed by atoms with van der Waals surface area (Å²) in [5, 5.41) is 3.12. The first-order chi connectivity index (χ1) is 30.2. The number of fused-ring (bicyclic) bond motifs is 2. The molecule has 352 valence electrons. The third-order valence-electron chi connectivity index (χ3n) is 10.5. The molecule has 0 aliphatic carbocycles. The summed E-state index contributed by atoms with van der Waals surface area (Å²) in [6.07, 6.45) is 1.02. The minimum absolute atomic E-state index is 0.171. The molecule has 3 aromatic heterocycles. The van der Waals surface area contributed by atoms with E-state index in [4.69, 9.17) is 78.7 Å². The lowest BCUT2D eigenvalue weighted by molar-refractivity contribution is -0.202. The van der Waals surface area contributed by atoms with Gasteiger partial charge in [-0.25, -0.2) is 9.78 Å². The monoisotopic (exact) mass is 922 g/mol. The van der Waals surface area contributed by atoms with Crippen molar-refractivity contribution < 1.29 is 56.9 Å². The molecule has 1 N–H and O–H groups in total. The minimum atomic E-state index is -1.33. The van der Waals surface area contributed by atoms with Gasteiger partial charge in [0.05, 0.1) is 81.8 Å². The van der Waals surface area contributed by atoms with Crippen molar-refractivity contribution in [2.24, 2.45) is 0 Å². The van der Waals surface area contributed by atoms with Crippen molar-refractivity contribution in [3.05, 3.63) is 23.2 Å². The highest BCUT2D eigenvalue weighted by Crippen LogP contribution is 2.38. The second-order valence-corrected chi connectivity index (χ2v) is 24.1. The highest BCUT2D eigenvalue weighted by Gasteiger charge is 2.51. The van der Waals surface area contributed by atoms with Crippen LogP contribution in [0.4, 0.5) is 10.6 Å². The van der Waals surface area contributed by atoms with Crippen molar-refractivity contribution in [3.63, 3.8) is 0 Å². The summed E-state index contributed by atoms with van der Waals surface area (Å²) >= 11 is 7.01. The van der Waals surface area contributed by atoms with Gasteiger partial charge in [0.1, 0.15) is 37.5 Å². The van der Waals surface area contributed by atoms with E-state index in [1.807, 2.05) is 55.5 Å². The number of hydrogen-bond acceptors (Lipinski definition) is 16. The van der Waals surface area contributed by atoms with Crippen molar-refractivity contribution in [2.75, 3.05) is 98.3 Å². The fourth-order valence-electron chi connectivity index (χ4n) is 7.11. The van der Waals surface area contributed by atoms with Crippen molar-refractivity contribution in [2.45, 2.75) is 109 Å². The Morgan fingerprint density at radius 2 is 1.60 bits per heavy atom. The van der Waals surface area contributed by atoms with Gasteiger partial charge in [-0.2, -0.15) is 9.97 Å². The molecule has 0 radical (unpaired) electrons. The topological polar surface area (TPSA) is 177 Å². The van der Waals surface area contributed by atoms with Crippen LogP contribution in [0.3, 0.4) is 0 Å². The molecule has 0 bridgehead atoms. The first kappa shape index (κ1) is 49.1. The number of likely N-dealkylation sites (N-methyl/N-ethyl adjacent to an activating group) is 1. The van der Waals surface area contributed by atoms with E-state index in [9.17, 15) is 4.79 Å². The molecule has 1 amide bonds. The van der Waals surface area contributed by atoms with Crippen LogP contribution in [0.15, 0.2) is 18.2 Å². The first-order valence-corrected chi connectivity index (χ1v) is 26.0. The average Bonchev–Trinajstić information content (AvgIpc) is 3.93. The van der Waals surface area contributed by atoms with E-state index < -0.39 is 20.3 Å². The lowest BCUT2D eigenvalue weighted by Crippen LogP contribution is -2.41. The van der Waals surface area contributed by atoms with Gasteiger partial charge in [-0.1, -0.05) is 31.2 Å². The van der Waals surface area contributed by atoms with Crippen LogP contribution in [0.2, 0.25) is 30.7 Å². The van der Waals surface area contributed by atoms with Gasteiger partial charge in [0, 0.05) is 40.4 Å². The van der Waals surface area contributed by atoms with E-state index >= 15 is 0 Å². The molecule has 20 heteroatoms.